The van der Waals surface area contributed by atoms with Gasteiger partial charge < -0.3 is 15.2 Å². The molecule has 3 nitrogen and oxygen atoms in total. The Morgan fingerprint density at radius 2 is 1.90 bits per heavy atom. The Bertz CT molecular complexity index is 594. The number of ether oxygens (including phenoxy) is 1. The van der Waals surface area contributed by atoms with Crippen molar-refractivity contribution in [3.63, 3.8) is 0 Å². The molecule has 0 saturated carbocycles. The molecule has 0 aliphatic rings. The highest BCUT2D eigenvalue weighted by Gasteiger charge is 2.03. The normalized spacial score (nSPS) is 10.3. The molecule has 0 unspecified atom stereocenters. The number of hydrogen-bond donors (Lipinski definition) is 2. The fourth-order valence-electron chi connectivity index (χ4n) is 2.10. The van der Waals surface area contributed by atoms with E-state index in [4.69, 9.17) is 4.74 Å². The Morgan fingerprint density at radius 1 is 1.10 bits per heavy atom. The van der Waals surface area contributed by atoms with Gasteiger partial charge in [-0.3, -0.25) is 0 Å². The third-order valence-electron chi connectivity index (χ3n) is 3.24. The lowest BCUT2D eigenvalue weighted by Crippen LogP contribution is -2.02. The van der Waals surface area contributed by atoms with Crippen molar-refractivity contribution in [2.75, 3.05) is 11.9 Å². The summed E-state index contributed by atoms with van der Waals surface area (Å²) < 4.78 is 5.50. The average Bonchev–Trinajstić information content (AvgIpc) is 2.42. The highest BCUT2D eigenvalue weighted by Crippen LogP contribution is 2.25. The summed E-state index contributed by atoms with van der Waals surface area (Å²) in [5.74, 6) is 1.23. The van der Waals surface area contributed by atoms with E-state index in [-0.39, 0.29) is 0 Å². The van der Waals surface area contributed by atoms with Gasteiger partial charge in [0.2, 0.25) is 0 Å². The van der Waals surface area contributed by atoms with Crippen molar-refractivity contribution < 1.29 is 9.84 Å². The smallest absolute Gasteiger partial charge is 0.119 e. The lowest BCUT2D eigenvalue weighted by molar-refractivity contribution is 0.340. The second-order valence-electron chi connectivity index (χ2n) is 4.89. The summed E-state index contributed by atoms with van der Waals surface area (Å²) in [6.45, 7) is 7.26. The van der Waals surface area contributed by atoms with E-state index < -0.39 is 0 Å². The van der Waals surface area contributed by atoms with Crippen molar-refractivity contribution in [1.29, 1.82) is 0 Å². The molecule has 0 spiro atoms. The maximum absolute atomic E-state index is 9.66. The van der Waals surface area contributed by atoms with Gasteiger partial charge in [-0.15, -0.1) is 0 Å². The second kappa shape index (κ2) is 6.33. The predicted octanol–water partition coefficient (Wildman–Crippen LogP) is 4.02. The van der Waals surface area contributed by atoms with Crippen LogP contribution in [0, 0.1) is 13.8 Å². The predicted molar refractivity (Wildman–Crippen MR) is 82.5 cm³/mol. The molecule has 0 saturated heterocycles. The van der Waals surface area contributed by atoms with Gasteiger partial charge in [0.15, 0.2) is 0 Å². The number of aryl methyl sites for hydroxylation is 2. The molecule has 0 amide bonds. The zero-order valence-electron chi connectivity index (χ0n) is 12.2. The number of benzene rings is 2. The SMILES string of the molecule is CCOc1cccc(CNc2cc(C)c(O)cc2C)c1. The molecule has 0 fully saturated rings. The van der Waals surface area contributed by atoms with Crippen LogP contribution < -0.4 is 10.1 Å². The van der Waals surface area contributed by atoms with Crippen LogP contribution in [0.1, 0.15) is 23.6 Å². The van der Waals surface area contributed by atoms with Gasteiger partial charge in [-0.25, -0.2) is 0 Å². The van der Waals surface area contributed by atoms with E-state index in [9.17, 15) is 5.11 Å². The quantitative estimate of drug-likeness (QED) is 0.807. The molecule has 2 aromatic rings. The van der Waals surface area contributed by atoms with Crippen LogP contribution in [0.3, 0.4) is 0 Å². The van der Waals surface area contributed by atoms with Gasteiger partial charge in [0, 0.05) is 12.2 Å². The Hall–Kier alpha value is -2.16. The van der Waals surface area contributed by atoms with Crippen molar-refractivity contribution in [1.82, 2.24) is 0 Å². The summed E-state index contributed by atoms with van der Waals surface area (Å²) in [7, 11) is 0. The lowest BCUT2D eigenvalue weighted by Gasteiger charge is -2.12. The first-order valence-electron chi connectivity index (χ1n) is 6.86. The monoisotopic (exact) mass is 271 g/mol. The molecule has 0 aromatic heterocycles. The molecule has 2 N–H and O–H groups in total. The van der Waals surface area contributed by atoms with Crippen molar-refractivity contribution in [3.05, 3.63) is 53.1 Å². The van der Waals surface area contributed by atoms with Crippen molar-refractivity contribution >= 4 is 5.69 Å². The van der Waals surface area contributed by atoms with E-state index in [0.717, 1.165) is 29.1 Å². The summed E-state index contributed by atoms with van der Waals surface area (Å²) >= 11 is 0. The van der Waals surface area contributed by atoms with E-state index in [1.54, 1.807) is 6.07 Å². The molecule has 0 aliphatic heterocycles. The average molecular weight is 271 g/mol. The molecule has 20 heavy (non-hydrogen) atoms. The number of anilines is 1. The summed E-state index contributed by atoms with van der Waals surface area (Å²) in [5, 5.41) is 13.1. The zero-order valence-corrected chi connectivity index (χ0v) is 12.2. The molecule has 3 heteroatoms. The van der Waals surface area contributed by atoms with E-state index in [0.29, 0.717) is 12.4 Å². The number of nitrogens with one attached hydrogen (secondary N) is 1. The molecule has 2 rings (SSSR count). The van der Waals surface area contributed by atoms with Crippen LogP contribution in [-0.2, 0) is 6.54 Å². The molecular weight excluding hydrogens is 250 g/mol. The first-order chi connectivity index (χ1) is 9.60. The first-order valence-corrected chi connectivity index (χ1v) is 6.86. The number of hydrogen-bond acceptors (Lipinski definition) is 3. The zero-order chi connectivity index (χ0) is 14.5. The maximum Gasteiger partial charge on any atom is 0.119 e. The summed E-state index contributed by atoms with van der Waals surface area (Å²) in [4.78, 5) is 0. The molecule has 0 radical (unpaired) electrons. The fourth-order valence-corrected chi connectivity index (χ4v) is 2.10. The van der Waals surface area contributed by atoms with Gasteiger partial charge in [-0.05, 0) is 61.7 Å². The minimum Gasteiger partial charge on any atom is -0.508 e. The van der Waals surface area contributed by atoms with Crippen LogP contribution in [0.15, 0.2) is 36.4 Å². The number of aromatic hydroxyl groups is 1. The largest absolute Gasteiger partial charge is 0.508 e. The molecule has 106 valence electrons. The molecule has 0 atom stereocenters. The van der Waals surface area contributed by atoms with Crippen LogP contribution in [0.4, 0.5) is 5.69 Å². The van der Waals surface area contributed by atoms with Crippen LogP contribution in [0.2, 0.25) is 0 Å². The molecule has 0 bridgehead atoms. The molecule has 0 aliphatic carbocycles. The van der Waals surface area contributed by atoms with E-state index >= 15 is 0 Å². The van der Waals surface area contributed by atoms with Crippen molar-refractivity contribution in [2.45, 2.75) is 27.3 Å². The van der Waals surface area contributed by atoms with Crippen molar-refractivity contribution in [3.8, 4) is 11.5 Å². The van der Waals surface area contributed by atoms with Gasteiger partial charge in [-0.2, -0.15) is 0 Å². The second-order valence-corrected chi connectivity index (χ2v) is 4.89. The Balaban J connectivity index is 2.08. The highest BCUT2D eigenvalue weighted by atomic mass is 16.5. The minimum absolute atomic E-state index is 0.339. The lowest BCUT2D eigenvalue weighted by atomic mass is 10.1. The fraction of sp³-hybridized carbons (Fsp3) is 0.294. The summed E-state index contributed by atoms with van der Waals surface area (Å²) in [6.07, 6.45) is 0. The van der Waals surface area contributed by atoms with Crippen LogP contribution in [-0.4, -0.2) is 11.7 Å². The third-order valence-corrected chi connectivity index (χ3v) is 3.24. The number of phenolic OH excluding ortho intramolecular Hbond substituents is 1. The van der Waals surface area contributed by atoms with E-state index in [2.05, 4.69) is 11.4 Å². The number of phenols is 1. The standard InChI is InChI=1S/C17H21NO2/c1-4-20-15-7-5-6-14(10-15)11-18-16-8-13(3)17(19)9-12(16)2/h5-10,18-19H,4,11H2,1-3H3. The summed E-state index contributed by atoms with van der Waals surface area (Å²) in [6, 6.07) is 11.8. The summed E-state index contributed by atoms with van der Waals surface area (Å²) in [5.41, 5.74) is 4.12. The van der Waals surface area contributed by atoms with Gasteiger partial charge in [0.25, 0.3) is 0 Å². The van der Waals surface area contributed by atoms with E-state index in [1.807, 2.05) is 45.0 Å². The van der Waals surface area contributed by atoms with Gasteiger partial charge >= 0.3 is 0 Å². The molecule has 0 heterocycles. The first kappa shape index (κ1) is 14.3. The van der Waals surface area contributed by atoms with Gasteiger partial charge in [0.1, 0.15) is 11.5 Å². The van der Waals surface area contributed by atoms with Gasteiger partial charge in [-0.1, -0.05) is 12.1 Å². The van der Waals surface area contributed by atoms with Crippen LogP contribution >= 0.6 is 0 Å². The Labute approximate surface area is 120 Å². The maximum atomic E-state index is 9.66. The molecular formula is C17H21NO2. The third kappa shape index (κ3) is 3.44. The minimum atomic E-state index is 0.339. The number of rotatable bonds is 5. The topological polar surface area (TPSA) is 41.5 Å². The van der Waals surface area contributed by atoms with E-state index in [1.165, 1.54) is 5.56 Å². The highest BCUT2D eigenvalue weighted by molar-refractivity contribution is 5.56. The van der Waals surface area contributed by atoms with Crippen LogP contribution in [0.5, 0.6) is 11.5 Å². The van der Waals surface area contributed by atoms with Crippen molar-refractivity contribution in [2.24, 2.45) is 0 Å². The Kier molecular flexibility index (Phi) is 4.51. The Morgan fingerprint density at radius 3 is 2.65 bits per heavy atom. The van der Waals surface area contributed by atoms with Gasteiger partial charge in [0.05, 0.1) is 6.61 Å². The van der Waals surface area contributed by atoms with Crippen LogP contribution in [0.25, 0.3) is 0 Å². The molecule has 2 aromatic carbocycles.